The zero-order valence-electron chi connectivity index (χ0n) is 11.5. The largest absolute Gasteiger partial charge is 0.465 e. The zero-order chi connectivity index (χ0) is 15.7. The van der Waals surface area contributed by atoms with Gasteiger partial charge in [-0.05, 0) is 0 Å². The molecule has 9 heteroatoms. The van der Waals surface area contributed by atoms with Crippen molar-refractivity contribution < 1.29 is 19.1 Å². The van der Waals surface area contributed by atoms with Gasteiger partial charge in [-0.2, -0.15) is 10.4 Å². The molecule has 21 heavy (non-hydrogen) atoms. The van der Waals surface area contributed by atoms with Gasteiger partial charge in [0.1, 0.15) is 23.5 Å². The number of methoxy groups -OCH3 is 2. The molecule has 0 aromatic carbocycles. The number of carbonyl (C=O) groups excluding carboxylic acids is 2. The van der Waals surface area contributed by atoms with Crippen LogP contribution in [0.4, 0.5) is 0 Å². The lowest BCUT2D eigenvalue weighted by molar-refractivity contribution is 0.0555. The molecule has 1 N–H and O–H groups in total. The van der Waals surface area contributed by atoms with Crippen molar-refractivity contribution in [3.63, 3.8) is 0 Å². The Hall–Kier alpha value is -3.15. The highest BCUT2D eigenvalue weighted by Crippen LogP contribution is 2.19. The molecular weight excluding hydrogens is 278 g/mol. The number of hydrogen-bond donors (Lipinski definition) is 1. The molecule has 2 aromatic heterocycles. The molecule has 0 spiro atoms. The van der Waals surface area contributed by atoms with Crippen LogP contribution in [0.2, 0.25) is 0 Å². The Labute approximate surface area is 118 Å². The Kier molecular flexibility index (Phi) is 3.45. The van der Waals surface area contributed by atoms with Crippen LogP contribution in [0.15, 0.2) is 6.33 Å². The standard InChI is InChI=1S/C12H11N5O4/c1-16-10-8(12(19)21-3)7(11(18)20-2)6(4-13)9(14)17(10)5-15-16/h5,14H,1-3H3. The lowest BCUT2D eigenvalue weighted by Gasteiger charge is -2.11. The average molecular weight is 289 g/mol. The first-order valence-electron chi connectivity index (χ1n) is 5.69. The molecule has 2 heterocycles. The summed E-state index contributed by atoms with van der Waals surface area (Å²) in [7, 11) is 3.81. The van der Waals surface area contributed by atoms with E-state index in [1.165, 1.54) is 22.5 Å². The van der Waals surface area contributed by atoms with E-state index in [1.807, 2.05) is 0 Å². The van der Waals surface area contributed by atoms with Gasteiger partial charge < -0.3 is 9.47 Å². The molecule has 108 valence electrons. The smallest absolute Gasteiger partial charge is 0.342 e. The lowest BCUT2D eigenvalue weighted by Crippen LogP contribution is -2.26. The van der Waals surface area contributed by atoms with Gasteiger partial charge >= 0.3 is 11.9 Å². The summed E-state index contributed by atoms with van der Waals surface area (Å²) < 4.78 is 11.8. The number of esters is 2. The first kappa shape index (κ1) is 14.3. The average Bonchev–Trinajstić information content (AvgIpc) is 2.87. The van der Waals surface area contributed by atoms with Crippen LogP contribution in [0.5, 0.6) is 0 Å². The number of nitrogens with zero attached hydrogens (tertiary/aromatic N) is 4. The summed E-state index contributed by atoms with van der Waals surface area (Å²) >= 11 is 0. The second-order valence-electron chi connectivity index (χ2n) is 4.02. The molecule has 0 fully saturated rings. The van der Waals surface area contributed by atoms with E-state index in [4.69, 9.17) is 5.41 Å². The van der Waals surface area contributed by atoms with Crippen molar-refractivity contribution in [2.24, 2.45) is 7.05 Å². The number of nitrogens with one attached hydrogen (secondary N) is 1. The predicted molar refractivity (Wildman–Crippen MR) is 67.4 cm³/mol. The van der Waals surface area contributed by atoms with E-state index in [9.17, 15) is 14.9 Å². The number of nitriles is 1. The van der Waals surface area contributed by atoms with Crippen molar-refractivity contribution in [1.29, 1.82) is 10.7 Å². The number of ether oxygens (including phenoxy) is 2. The Balaban J connectivity index is 3.13. The number of aromatic nitrogens is 3. The molecule has 0 aliphatic carbocycles. The van der Waals surface area contributed by atoms with Crippen LogP contribution in [0.1, 0.15) is 26.3 Å². The summed E-state index contributed by atoms with van der Waals surface area (Å²) in [6.45, 7) is 0. The number of aryl methyl sites for hydroxylation is 1. The molecule has 0 saturated heterocycles. The molecular formula is C12H11N5O4. The first-order chi connectivity index (χ1) is 9.97. The topological polar surface area (TPSA) is 122 Å². The van der Waals surface area contributed by atoms with Crippen LogP contribution < -0.4 is 5.49 Å². The maximum atomic E-state index is 12.0. The minimum absolute atomic E-state index is 0.159. The van der Waals surface area contributed by atoms with Crippen LogP contribution in [0.25, 0.3) is 5.65 Å². The summed E-state index contributed by atoms with van der Waals surface area (Å²) in [6.07, 6.45) is 1.27. The van der Waals surface area contributed by atoms with Crippen molar-refractivity contribution in [3.05, 3.63) is 28.5 Å². The highest BCUT2D eigenvalue weighted by atomic mass is 16.5. The summed E-state index contributed by atoms with van der Waals surface area (Å²) in [4.78, 5) is 24.0. The molecule has 0 aliphatic rings. The molecule has 0 amide bonds. The normalized spacial score (nSPS) is 10.2. The van der Waals surface area contributed by atoms with Gasteiger partial charge in [-0.3, -0.25) is 9.81 Å². The van der Waals surface area contributed by atoms with Crippen LogP contribution >= 0.6 is 0 Å². The fourth-order valence-electron chi connectivity index (χ4n) is 2.03. The fourth-order valence-corrected chi connectivity index (χ4v) is 2.03. The van der Waals surface area contributed by atoms with Gasteiger partial charge in [-0.25, -0.2) is 14.3 Å². The summed E-state index contributed by atoms with van der Waals surface area (Å²) in [6, 6.07) is 1.75. The van der Waals surface area contributed by atoms with Crippen molar-refractivity contribution in [3.8, 4) is 6.07 Å². The van der Waals surface area contributed by atoms with E-state index in [1.54, 1.807) is 6.07 Å². The number of carbonyl (C=O) groups is 2. The third-order valence-corrected chi connectivity index (χ3v) is 2.97. The van der Waals surface area contributed by atoms with E-state index in [0.29, 0.717) is 0 Å². The molecule has 0 unspecified atom stereocenters. The SMILES string of the molecule is COC(=O)c1c(C#N)c(=N)n2cnn(C)c2c1C(=O)OC. The monoisotopic (exact) mass is 289 g/mol. The molecule has 2 rings (SSSR count). The van der Waals surface area contributed by atoms with Gasteiger partial charge in [0, 0.05) is 7.05 Å². The predicted octanol–water partition coefficient (Wildman–Crippen LogP) is -0.403. The van der Waals surface area contributed by atoms with E-state index < -0.39 is 11.9 Å². The van der Waals surface area contributed by atoms with Gasteiger partial charge in [-0.1, -0.05) is 0 Å². The highest BCUT2D eigenvalue weighted by molar-refractivity contribution is 6.08. The molecule has 0 saturated carbocycles. The summed E-state index contributed by atoms with van der Waals surface area (Å²) in [5, 5.41) is 21.1. The van der Waals surface area contributed by atoms with Gasteiger partial charge in [0.05, 0.1) is 19.8 Å². The van der Waals surface area contributed by atoms with E-state index in [0.717, 1.165) is 14.2 Å². The Morgan fingerprint density at radius 1 is 1.29 bits per heavy atom. The third kappa shape index (κ3) is 1.93. The highest BCUT2D eigenvalue weighted by Gasteiger charge is 2.29. The number of rotatable bonds is 2. The van der Waals surface area contributed by atoms with Gasteiger partial charge in [0.15, 0.2) is 11.1 Å². The van der Waals surface area contributed by atoms with Crippen LogP contribution in [-0.4, -0.2) is 40.3 Å². The van der Waals surface area contributed by atoms with Crippen LogP contribution in [0.3, 0.4) is 0 Å². The number of hydrogen-bond acceptors (Lipinski definition) is 7. The van der Waals surface area contributed by atoms with Crippen molar-refractivity contribution in [1.82, 2.24) is 14.2 Å². The maximum Gasteiger partial charge on any atom is 0.342 e. The third-order valence-electron chi connectivity index (χ3n) is 2.97. The van der Waals surface area contributed by atoms with Crippen molar-refractivity contribution in [2.45, 2.75) is 0 Å². The fraction of sp³-hybridized carbons (Fsp3) is 0.250. The molecule has 2 aromatic rings. The van der Waals surface area contributed by atoms with Crippen molar-refractivity contribution >= 4 is 17.6 Å². The number of pyridine rings is 1. The maximum absolute atomic E-state index is 12.0. The van der Waals surface area contributed by atoms with Gasteiger partial charge in [0.2, 0.25) is 0 Å². The molecule has 0 radical (unpaired) electrons. The van der Waals surface area contributed by atoms with Crippen LogP contribution in [-0.2, 0) is 16.5 Å². The summed E-state index contributed by atoms with van der Waals surface area (Å²) in [5.41, 5.74) is -0.870. The second-order valence-corrected chi connectivity index (χ2v) is 4.02. The second kappa shape index (κ2) is 5.09. The summed E-state index contributed by atoms with van der Waals surface area (Å²) in [5.74, 6) is -1.72. The Morgan fingerprint density at radius 2 is 1.86 bits per heavy atom. The van der Waals surface area contributed by atoms with Gasteiger partial charge in [0.25, 0.3) is 0 Å². The van der Waals surface area contributed by atoms with E-state index in [2.05, 4.69) is 14.6 Å². The molecule has 9 nitrogen and oxygen atoms in total. The first-order valence-corrected chi connectivity index (χ1v) is 5.69. The molecule has 0 bridgehead atoms. The molecule has 0 atom stereocenters. The Bertz CT molecular complexity index is 855. The minimum atomic E-state index is -0.899. The lowest BCUT2D eigenvalue weighted by atomic mass is 10.0. The quantitative estimate of drug-likeness (QED) is 0.750. The zero-order valence-corrected chi connectivity index (χ0v) is 11.5. The van der Waals surface area contributed by atoms with Crippen LogP contribution in [0, 0.1) is 16.7 Å². The van der Waals surface area contributed by atoms with Gasteiger partial charge in [-0.15, -0.1) is 0 Å². The van der Waals surface area contributed by atoms with E-state index in [-0.39, 0.29) is 27.8 Å². The number of fused-ring (bicyclic) bond motifs is 1. The van der Waals surface area contributed by atoms with E-state index >= 15 is 0 Å². The Morgan fingerprint density at radius 3 is 2.38 bits per heavy atom. The van der Waals surface area contributed by atoms with Crippen molar-refractivity contribution in [2.75, 3.05) is 14.2 Å². The molecule has 0 aliphatic heterocycles. The minimum Gasteiger partial charge on any atom is -0.465 e.